The fraction of sp³-hybridized carbons (Fsp3) is 0.417. The lowest BCUT2D eigenvalue weighted by Gasteiger charge is -2.34. The van der Waals surface area contributed by atoms with E-state index >= 15 is 0 Å². The number of rotatable bonds is 9. The molecule has 1 unspecified atom stereocenters. The molecular formula is C24H31Cl2FN4O4S. The summed E-state index contributed by atoms with van der Waals surface area (Å²) in [7, 11) is -1.49. The lowest BCUT2D eigenvalue weighted by molar-refractivity contribution is -0.140. The van der Waals surface area contributed by atoms with E-state index in [-0.39, 0.29) is 17.3 Å². The van der Waals surface area contributed by atoms with Gasteiger partial charge in [-0.3, -0.25) is 9.59 Å². The summed E-state index contributed by atoms with van der Waals surface area (Å²) in [6, 6.07) is 8.59. The van der Waals surface area contributed by atoms with Crippen LogP contribution in [0.25, 0.3) is 0 Å². The Hall–Kier alpha value is -2.40. The average Bonchev–Trinajstić information content (AvgIpc) is 2.77. The first-order valence-electron chi connectivity index (χ1n) is 11.0. The maximum absolute atomic E-state index is 13.6. The molecule has 0 saturated heterocycles. The summed E-state index contributed by atoms with van der Waals surface area (Å²) in [5.41, 5.74) is 0.134. The molecule has 12 heteroatoms. The quantitative estimate of drug-likeness (QED) is 0.500. The SMILES string of the molecule is CC(C(=O)NC(C)(C)C)N(Cc1ccc(Cl)c(Cl)c1)C(=O)CN(c1ccc(F)cc1)S(=O)(=O)N(C)C. The summed E-state index contributed by atoms with van der Waals surface area (Å²) >= 11 is 12.2. The molecule has 2 aromatic carbocycles. The molecule has 0 bridgehead atoms. The van der Waals surface area contributed by atoms with Crippen molar-refractivity contribution >= 4 is 50.9 Å². The molecule has 1 atom stereocenters. The number of hydrogen-bond donors (Lipinski definition) is 1. The van der Waals surface area contributed by atoms with Gasteiger partial charge in [0.1, 0.15) is 18.4 Å². The molecule has 0 aliphatic carbocycles. The van der Waals surface area contributed by atoms with Crippen LogP contribution in [-0.2, 0) is 26.3 Å². The molecule has 0 fully saturated rings. The predicted octanol–water partition coefficient (Wildman–Crippen LogP) is 4.08. The molecule has 2 aromatic rings. The highest BCUT2D eigenvalue weighted by molar-refractivity contribution is 7.90. The van der Waals surface area contributed by atoms with E-state index in [0.29, 0.717) is 10.6 Å². The van der Waals surface area contributed by atoms with E-state index in [0.717, 1.165) is 20.7 Å². The number of halogens is 3. The first-order chi connectivity index (χ1) is 16.5. The van der Waals surface area contributed by atoms with Gasteiger partial charge in [-0.05, 0) is 69.7 Å². The van der Waals surface area contributed by atoms with E-state index in [1.54, 1.807) is 25.1 Å². The molecule has 1 N–H and O–H groups in total. The van der Waals surface area contributed by atoms with Gasteiger partial charge in [0.2, 0.25) is 11.8 Å². The van der Waals surface area contributed by atoms with Crippen LogP contribution in [-0.4, -0.2) is 61.7 Å². The number of hydrogen-bond acceptors (Lipinski definition) is 4. The number of nitrogens with one attached hydrogen (secondary N) is 1. The van der Waals surface area contributed by atoms with E-state index in [1.165, 1.54) is 31.1 Å². The van der Waals surface area contributed by atoms with Crippen LogP contribution in [0.15, 0.2) is 42.5 Å². The second-order valence-electron chi connectivity index (χ2n) is 9.46. The number of carbonyl (C=O) groups excluding carboxylic acids is 2. The number of benzene rings is 2. The minimum atomic E-state index is -4.14. The molecule has 36 heavy (non-hydrogen) atoms. The Balaban J connectivity index is 2.48. The fourth-order valence-electron chi connectivity index (χ4n) is 3.22. The van der Waals surface area contributed by atoms with Gasteiger partial charge in [-0.25, -0.2) is 8.70 Å². The molecule has 0 heterocycles. The molecule has 8 nitrogen and oxygen atoms in total. The van der Waals surface area contributed by atoms with Gasteiger partial charge >= 0.3 is 10.2 Å². The standard InChI is InChI=1S/C24H31Cl2FN4O4S/c1-16(23(33)28-24(2,3)4)30(14-17-7-12-20(25)21(26)13-17)22(32)15-31(36(34,35)29(5)6)19-10-8-18(27)9-11-19/h7-13,16H,14-15H2,1-6H3,(H,28,33). The van der Waals surface area contributed by atoms with Gasteiger partial charge in [-0.1, -0.05) is 29.3 Å². The van der Waals surface area contributed by atoms with Crippen LogP contribution >= 0.6 is 23.2 Å². The third kappa shape index (κ3) is 7.80. The van der Waals surface area contributed by atoms with Gasteiger partial charge in [-0.15, -0.1) is 0 Å². The van der Waals surface area contributed by atoms with Gasteiger partial charge in [0.15, 0.2) is 0 Å². The maximum atomic E-state index is 13.6. The molecule has 0 aromatic heterocycles. The Labute approximate surface area is 222 Å². The zero-order valence-corrected chi connectivity index (χ0v) is 23.4. The molecule has 0 aliphatic heterocycles. The predicted molar refractivity (Wildman–Crippen MR) is 141 cm³/mol. The van der Waals surface area contributed by atoms with Crippen molar-refractivity contribution in [2.75, 3.05) is 24.9 Å². The van der Waals surface area contributed by atoms with Gasteiger partial charge < -0.3 is 10.2 Å². The van der Waals surface area contributed by atoms with Gasteiger partial charge in [-0.2, -0.15) is 12.7 Å². The lowest BCUT2D eigenvalue weighted by Crippen LogP contribution is -2.54. The van der Waals surface area contributed by atoms with Crippen LogP contribution in [0.3, 0.4) is 0 Å². The smallest absolute Gasteiger partial charge is 0.304 e. The van der Waals surface area contributed by atoms with Crippen molar-refractivity contribution in [3.05, 3.63) is 63.9 Å². The van der Waals surface area contributed by atoms with Crippen LogP contribution in [0, 0.1) is 5.82 Å². The van der Waals surface area contributed by atoms with E-state index in [2.05, 4.69) is 5.32 Å². The van der Waals surface area contributed by atoms with Crippen molar-refractivity contribution in [3.63, 3.8) is 0 Å². The lowest BCUT2D eigenvalue weighted by atomic mass is 10.1. The third-order valence-electron chi connectivity index (χ3n) is 5.14. The third-order valence-corrected chi connectivity index (χ3v) is 7.69. The minimum Gasteiger partial charge on any atom is -0.350 e. The van der Waals surface area contributed by atoms with Crippen LogP contribution < -0.4 is 9.62 Å². The van der Waals surface area contributed by atoms with E-state index < -0.39 is 46.0 Å². The van der Waals surface area contributed by atoms with E-state index in [1.807, 2.05) is 20.8 Å². The first kappa shape index (κ1) is 29.8. The van der Waals surface area contributed by atoms with Crippen molar-refractivity contribution in [2.24, 2.45) is 0 Å². The summed E-state index contributed by atoms with van der Waals surface area (Å²) in [6.07, 6.45) is 0. The average molecular weight is 562 g/mol. The Morgan fingerprint density at radius 3 is 2.11 bits per heavy atom. The van der Waals surface area contributed by atoms with E-state index in [4.69, 9.17) is 23.2 Å². The highest BCUT2D eigenvalue weighted by atomic mass is 35.5. The number of carbonyl (C=O) groups is 2. The summed E-state index contributed by atoms with van der Waals surface area (Å²) in [6.45, 7) is 6.32. The number of nitrogens with zero attached hydrogens (tertiary/aromatic N) is 3. The van der Waals surface area contributed by atoms with Crippen molar-refractivity contribution < 1.29 is 22.4 Å². The van der Waals surface area contributed by atoms with Crippen LogP contribution in [0.2, 0.25) is 10.0 Å². The zero-order valence-electron chi connectivity index (χ0n) is 21.0. The fourth-order valence-corrected chi connectivity index (χ4v) is 4.59. The highest BCUT2D eigenvalue weighted by Crippen LogP contribution is 2.25. The Bertz CT molecular complexity index is 1200. The van der Waals surface area contributed by atoms with Crippen LogP contribution in [0.5, 0.6) is 0 Å². The monoisotopic (exact) mass is 560 g/mol. The normalized spacial score (nSPS) is 12.8. The Kier molecular flexibility index (Phi) is 9.75. The maximum Gasteiger partial charge on any atom is 0.304 e. The molecule has 0 saturated carbocycles. The molecular weight excluding hydrogens is 530 g/mol. The summed E-state index contributed by atoms with van der Waals surface area (Å²) in [5, 5.41) is 3.44. The second-order valence-corrected chi connectivity index (χ2v) is 12.3. The van der Waals surface area contributed by atoms with E-state index in [9.17, 15) is 22.4 Å². The van der Waals surface area contributed by atoms with Gasteiger partial charge in [0, 0.05) is 26.2 Å². The molecule has 198 valence electrons. The van der Waals surface area contributed by atoms with Crippen molar-refractivity contribution in [2.45, 2.75) is 45.8 Å². The summed E-state index contributed by atoms with van der Waals surface area (Å²) in [4.78, 5) is 27.9. The van der Waals surface area contributed by atoms with Crippen molar-refractivity contribution in [1.82, 2.24) is 14.5 Å². The van der Waals surface area contributed by atoms with Gasteiger partial charge in [0.25, 0.3) is 0 Å². The van der Waals surface area contributed by atoms with Crippen molar-refractivity contribution in [1.29, 1.82) is 0 Å². The van der Waals surface area contributed by atoms with Gasteiger partial charge in [0.05, 0.1) is 15.7 Å². The minimum absolute atomic E-state index is 0.0340. The zero-order chi connectivity index (χ0) is 27.4. The molecule has 0 aliphatic rings. The molecule has 0 spiro atoms. The molecule has 2 amide bonds. The number of amides is 2. The summed E-state index contributed by atoms with van der Waals surface area (Å²) < 4.78 is 41.5. The topological polar surface area (TPSA) is 90.0 Å². The first-order valence-corrected chi connectivity index (χ1v) is 13.2. The second kappa shape index (κ2) is 11.8. The highest BCUT2D eigenvalue weighted by Gasteiger charge is 2.33. The summed E-state index contributed by atoms with van der Waals surface area (Å²) in [5.74, 6) is -1.62. The van der Waals surface area contributed by atoms with Crippen molar-refractivity contribution in [3.8, 4) is 0 Å². The largest absolute Gasteiger partial charge is 0.350 e. The van der Waals surface area contributed by atoms with Crippen LogP contribution in [0.1, 0.15) is 33.3 Å². The van der Waals surface area contributed by atoms with Crippen LogP contribution in [0.4, 0.5) is 10.1 Å². The molecule has 2 rings (SSSR count). The Morgan fingerprint density at radius 2 is 1.61 bits per heavy atom. The Morgan fingerprint density at radius 1 is 1.03 bits per heavy atom. The number of anilines is 1. The molecule has 0 radical (unpaired) electrons.